The van der Waals surface area contributed by atoms with Crippen LogP contribution in [0.5, 0.6) is 0 Å². The lowest BCUT2D eigenvalue weighted by Gasteiger charge is -2.07. The van der Waals surface area contributed by atoms with Gasteiger partial charge in [0.15, 0.2) is 0 Å². The van der Waals surface area contributed by atoms with Gasteiger partial charge in [0.25, 0.3) is 5.91 Å². The number of amides is 1. The van der Waals surface area contributed by atoms with Gasteiger partial charge in [-0.15, -0.1) is 0 Å². The van der Waals surface area contributed by atoms with E-state index >= 15 is 0 Å². The van der Waals surface area contributed by atoms with Gasteiger partial charge in [-0.1, -0.05) is 17.3 Å². The van der Waals surface area contributed by atoms with Crippen LogP contribution < -0.4 is 11.1 Å². The van der Waals surface area contributed by atoms with Gasteiger partial charge in [0.1, 0.15) is 0 Å². The normalized spacial score (nSPS) is 10.5. The fraction of sp³-hybridized carbons (Fsp3) is 0.0714. The van der Waals surface area contributed by atoms with E-state index in [1.165, 1.54) is 0 Å². The van der Waals surface area contributed by atoms with Crippen molar-refractivity contribution in [3.05, 3.63) is 52.5 Å². The molecular weight excluding hydrogens is 288 g/mol. The molecule has 6 nitrogen and oxygen atoms in total. The van der Waals surface area contributed by atoms with Crippen molar-refractivity contribution < 1.29 is 9.32 Å². The summed E-state index contributed by atoms with van der Waals surface area (Å²) in [5, 5.41) is 10.9. The van der Waals surface area contributed by atoms with Gasteiger partial charge in [-0.2, -0.15) is 16.3 Å². The van der Waals surface area contributed by atoms with E-state index in [9.17, 15) is 4.79 Å². The summed E-state index contributed by atoms with van der Waals surface area (Å²) in [4.78, 5) is 15.6. The molecule has 1 aromatic carbocycles. The highest BCUT2D eigenvalue weighted by Gasteiger charge is 2.11. The van der Waals surface area contributed by atoms with E-state index in [0.717, 1.165) is 5.56 Å². The molecule has 21 heavy (non-hydrogen) atoms. The number of aromatic nitrogens is 2. The highest BCUT2D eigenvalue weighted by molar-refractivity contribution is 7.08. The third-order valence-electron chi connectivity index (χ3n) is 2.87. The number of thiophene rings is 1. The number of nitrogens with zero attached hydrogens (tertiary/aromatic N) is 2. The second-order valence-electron chi connectivity index (χ2n) is 4.29. The lowest BCUT2D eigenvalue weighted by atomic mass is 10.1. The zero-order valence-corrected chi connectivity index (χ0v) is 11.8. The van der Waals surface area contributed by atoms with Gasteiger partial charge >= 0.3 is 0 Å². The molecule has 0 aliphatic heterocycles. The molecule has 0 saturated carbocycles. The number of nitrogens with two attached hydrogens (primary N) is 1. The van der Waals surface area contributed by atoms with Crippen molar-refractivity contribution in [2.45, 2.75) is 6.54 Å². The number of carbonyl (C=O) groups is 1. The Morgan fingerprint density at radius 3 is 2.95 bits per heavy atom. The second kappa shape index (κ2) is 5.76. The first-order valence-electron chi connectivity index (χ1n) is 6.22. The molecule has 0 saturated heterocycles. The summed E-state index contributed by atoms with van der Waals surface area (Å²) in [5.41, 5.74) is 7.31. The summed E-state index contributed by atoms with van der Waals surface area (Å²) in [7, 11) is 0. The van der Waals surface area contributed by atoms with Crippen LogP contribution in [0.4, 0.5) is 5.69 Å². The third-order valence-corrected chi connectivity index (χ3v) is 3.55. The molecule has 0 aliphatic rings. The van der Waals surface area contributed by atoms with Gasteiger partial charge < -0.3 is 15.6 Å². The van der Waals surface area contributed by atoms with Crippen molar-refractivity contribution in [2.24, 2.45) is 5.73 Å². The number of para-hydroxylation sites is 1. The lowest BCUT2D eigenvalue weighted by molar-refractivity contribution is 0.100. The quantitative estimate of drug-likeness (QED) is 0.755. The molecule has 106 valence electrons. The van der Waals surface area contributed by atoms with Gasteiger partial charge in [0.2, 0.25) is 11.7 Å². The van der Waals surface area contributed by atoms with E-state index in [1.54, 1.807) is 29.5 Å². The van der Waals surface area contributed by atoms with Crippen molar-refractivity contribution in [3.63, 3.8) is 0 Å². The minimum absolute atomic E-state index is 0.321. The summed E-state index contributed by atoms with van der Waals surface area (Å²) in [6, 6.07) is 8.94. The smallest absolute Gasteiger partial charge is 0.250 e. The number of carbonyl (C=O) groups excluding carboxylic acids is 1. The number of primary amides is 1. The largest absolute Gasteiger partial charge is 0.375 e. The summed E-state index contributed by atoms with van der Waals surface area (Å²) in [6.07, 6.45) is 0. The molecule has 0 atom stereocenters. The van der Waals surface area contributed by atoms with Crippen molar-refractivity contribution in [1.82, 2.24) is 10.1 Å². The van der Waals surface area contributed by atoms with E-state index in [1.807, 2.05) is 22.9 Å². The molecule has 0 spiro atoms. The van der Waals surface area contributed by atoms with E-state index in [0.29, 0.717) is 29.5 Å². The Morgan fingerprint density at radius 2 is 2.19 bits per heavy atom. The molecule has 0 unspecified atom stereocenters. The third kappa shape index (κ3) is 2.92. The van der Waals surface area contributed by atoms with Crippen LogP contribution in [-0.4, -0.2) is 16.0 Å². The predicted molar refractivity (Wildman–Crippen MR) is 79.9 cm³/mol. The number of benzene rings is 1. The number of anilines is 1. The van der Waals surface area contributed by atoms with Gasteiger partial charge in [0, 0.05) is 16.6 Å². The number of rotatable bonds is 5. The lowest BCUT2D eigenvalue weighted by Crippen LogP contribution is -2.14. The van der Waals surface area contributed by atoms with Crippen molar-refractivity contribution in [3.8, 4) is 11.4 Å². The Bertz CT molecular complexity index is 752. The molecule has 0 bridgehead atoms. The van der Waals surface area contributed by atoms with Crippen molar-refractivity contribution in [2.75, 3.05) is 5.32 Å². The maximum Gasteiger partial charge on any atom is 0.250 e. The van der Waals surface area contributed by atoms with Gasteiger partial charge in [0.05, 0.1) is 12.1 Å². The molecule has 3 N–H and O–H groups in total. The molecule has 3 rings (SSSR count). The monoisotopic (exact) mass is 300 g/mol. The number of nitrogens with one attached hydrogen (secondary N) is 1. The molecule has 0 radical (unpaired) electrons. The summed E-state index contributed by atoms with van der Waals surface area (Å²) < 4.78 is 5.18. The summed E-state index contributed by atoms with van der Waals surface area (Å²) in [5.74, 6) is 0.509. The molecule has 7 heteroatoms. The average Bonchev–Trinajstić information content (AvgIpc) is 3.16. The molecule has 0 aliphatic carbocycles. The number of hydrogen-bond donors (Lipinski definition) is 2. The fourth-order valence-electron chi connectivity index (χ4n) is 1.86. The minimum atomic E-state index is -0.484. The Balaban J connectivity index is 1.73. The maximum absolute atomic E-state index is 11.3. The van der Waals surface area contributed by atoms with E-state index < -0.39 is 5.91 Å². The minimum Gasteiger partial charge on any atom is -0.375 e. The standard InChI is InChI=1S/C14H12N4O2S/c15-13(19)10-3-1-2-4-11(10)16-7-12-17-14(18-20-12)9-5-6-21-8-9/h1-6,8,16H,7H2,(H2,15,19). The average molecular weight is 300 g/mol. The SMILES string of the molecule is NC(=O)c1ccccc1NCc1nc(-c2ccsc2)no1. The Labute approximate surface area is 124 Å². The van der Waals surface area contributed by atoms with Gasteiger partial charge in [-0.05, 0) is 23.6 Å². The van der Waals surface area contributed by atoms with Gasteiger partial charge in [-0.3, -0.25) is 4.79 Å². The highest BCUT2D eigenvalue weighted by atomic mass is 32.1. The van der Waals surface area contributed by atoms with Crippen molar-refractivity contribution >= 4 is 22.9 Å². The van der Waals surface area contributed by atoms with Crippen LogP contribution in [0.1, 0.15) is 16.2 Å². The molecule has 2 aromatic heterocycles. The van der Waals surface area contributed by atoms with Crippen LogP contribution in [0.2, 0.25) is 0 Å². The molecule has 1 amide bonds. The first kappa shape index (κ1) is 13.3. The molecule has 3 aromatic rings. The van der Waals surface area contributed by atoms with Gasteiger partial charge in [-0.25, -0.2) is 0 Å². The van der Waals surface area contributed by atoms with E-state index in [4.69, 9.17) is 10.3 Å². The molecule has 0 fully saturated rings. The van der Waals surface area contributed by atoms with Crippen LogP contribution in [0.3, 0.4) is 0 Å². The van der Waals surface area contributed by atoms with Crippen LogP contribution >= 0.6 is 11.3 Å². The summed E-state index contributed by atoms with van der Waals surface area (Å²) >= 11 is 1.57. The molecule has 2 heterocycles. The zero-order chi connectivity index (χ0) is 14.7. The Kier molecular flexibility index (Phi) is 3.65. The number of hydrogen-bond acceptors (Lipinski definition) is 6. The Morgan fingerprint density at radius 1 is 1.33 bits per heavy atom. The van der Waals surface area contributed by atoms with E-state index in [-0.39, 0.29) is 0 Å². The highest BCUT2D eigenvalue weighted by Crippen LogP contribution is 2.19. The first-order valence-corrected chi connectivity index (χ1v) is 7.16. The van der Waals surface area contributed by atoms with Crippen LogP contribution in [0.15, 0.2) is 45.6 Å². The zero-order valence-electron chi connectivity index (χ0n) is 10.9. The first-order chi connectivity index (χ1) is 10.2. The topological polar surface area (TPSA) is 94.0 Å². The Hall–Kier alpha value is -2.67. The maximum atomic E-state index is 11.3. The van der Waals surface area contributed by atoms with Crippen LogP contribution in [0, 0.1) is 0 Å². The molecular formula is C14H12N4O2S. The van der Waals surface area contributed by atoms with Crippen molar-refractivity contribution in [1.29, 1.82) is 0 Å². The van der Waals surface area contributed by atoms with Crippen LogP contribution in [0.25, 0.3) is 11.4 Å². The van der Waals surface area contributed by atoms with Crippen LogP contribution in [-0.2, 0) is 6.54 Å². The summed E-state index contributed by atoms with van der Waals surface area (Å²) in [6.45, 7) is 0.321. The fourth-order valence-corrected chi connectivity index (χ4v) is 2.49. The predicted octanol–water partition coefficient (Wildman–Crippen LogP) is 2.51. The second-order valence-corrected chi connectivity index (χ2v) is 5.07. The van der Waals surface area contributed by atoms with E-state index in [2.05, 4.69) is 15.5 Å².